The number of hydrogen-bond donors (Lipinski definition) is 1. The van der Waals surface area contributed by atoms with Crippen molar-refractivity contribution in [1.29, 1.82) is 5.26 Å². The molecule has 2 amide bonds. The highest BCUT2D eigenvalue weighted by molar-refractivity contribution is 6.02. The fourth-order valence-electron chi connectivity index (χ4n) is 3.87. The minimum Gasteiger partial charge on any atom is -0.489 e. The van der Waals surface area contributed by atoms with Crippen molar-refractivity contribution < 1.29 is 14.3 Å². The van der Waals surface area contributed by atoms with Gasteiger partial charge in [-0.3, -0.25) is 9.59 Å². The maximum Gasteiger partial charge on any atom is 0.289 e. The van der Waals surface area contributed by atoms with Gasteiger partial charge in [-0.15, -0.1) is 0 Å². The Kier molecular flexibility index (Phi) is 5.71. The van der Waals surface area contributed by atoms with E-state index in [4.69, 9.17) is 10.00 Å². The van der Waals surface area contributed by atoms with Crippen molar-refractivity contribution in [1.82, 2.24) is 15.3 Å². The van der Waals surface area contributed by atoms with Gasteiger partial charge in [0.2, 0.25) is 5.82 Å². The van der Waals surface area contributed by atoms with Crippen molar-refractivity contribution in [3.8, 4) is 11.8 Å². The number of nitriles is 1. The molecule has 4 rings (SSSR count). The van der Waals surface area contributed by atoms with Crippen LogP contribution in [0.4, 0.5) is 11.5 Å². The molecule has 0 bridgehead atoms. The largest absolute Gasteiger partial charge is 0.489 e. The van der Waals surface area contributed by atoms with Gasteiger partial charge in [0, 0.05) is 38.0 Å². The number of ether oxygens (including phenoxy) is 1. The van der Waals surface area contributed by atoms with Crippen LogP contribution >= 0.6 is 0 Å². The molecule has 9 heteroatoms. The fourth-order valence-corrected chi connectivity index (χ4v) is 3.87. The van der Waals surface area contributed by atoms with Crippen LogP contribution in [0.15, 0.2) is 24.4 Å². The van der Waals surface area contributed by atoms with Crippen LogP contribution in [0.5, 0.6) is 5.75 Å². The van der Waals surface area contributed by atoms with Crippen LogP contribution in [0.25, 0.3) is 0 Å². The predicted octanol–water partition coefficient (Wildman–Crippen LogP) is 1.80. The zero-order chi connectivity index (χ0) is 22.0. The SMILES string of the molecule is Cc1cnc(C(=O)N[C@H]2COc3cc(C#N)ccc3N(C)C2=O)nc1N1CCCCC1. The van der Waals surface area contributed by atoms with Gasteiger partial charge in [0.15, 0.2) is 0 Å². The van der Waals surface area contributed by atoms with Crippen molar-refractivity contribution in [2.24, 2.45) is 0 Å². The fraction of sp³-hybridized carbons (Fsp3) is 0.409. The number of fused-ring (bicyclic) bond motifs is 1. The van der Waals surface area contributed by atoms with Crippen LogP contribution in [0.1, 0.15) is 41.0 Å². The molecule has 9 nitrogen and oxygen atoms in total. The Hall–Kier alpha value is -3.67. The van der Waals surface area contributed by atoms with E-state index in [0.717, 1.165) is 37.3 Å². The van der Waals surface area contributed by atoms with Crippen molar-refractivity contribution in [3.63, 3.8) is 0 Å². The quantitative estimate of drug-likeness (QED) is 0.806. The molecule has 1 N–H and O–H groups in total. The van der Waals surface area contributed by atoms with Crippen LogP contribution in [-0.2, 0) is 4.79 Å². The number of likely N-dealkylation sites (N-methyl/N-ethyl adjacent to an activating group) is 1. The molecule has 1 aromatic heterocycles. The second kappa shape index (κ2) is 8.60. The van der Waals surface area contributed by atoms with Gasteiger partial charge in [0.25, 0.3) is 11.8 Å². The summed E-state index contributed by atoms with van der Waals surface area (Å²) in [5, 5.41) is 11.8. The molecule has 2 aliphatic heterocycles. The first-order valence-corrected chi connectivity index (χ1v) is 10.3. The summed E-state index contributed by atoms with van der Waals surface area (Å²) in [6.07, 6.45) is 5.03. The third kappa shape index (κ3) is 4.14. The van der Waals surface area contributed by atoms with Crippen LogP contribution < -0.4 is 19.9 Å². The summed E-state index contributed by atoms with van der Waals surface area (Å²) in [4.78, 5) is 38.1. The first kappa shape index (κ1) is 20.6. The lowest BCUT2D eigenvalue weighted by molar-refractivity contribution is -0.120. The summed E-state index contributed by atoms with van der Waals surface area (Å²) in [5.41, 5.74) is 1.89. The van der Waals surface area contributed by atoms with Crippen molar-refractivity contribution in [2.75, 3.05) is 36.5 Å². The normalized spacial score (nSPS) is 18.5. The second-order valence-corrected chi connectivity index (χ2v) is 7.78. The molecule has 0 radical (unpaired) electrons. The van der Waals surface area contributed by atoms with E-state index in [0.29, 0.717) is 17.0 Å². The molecule has 0 unspecified atom stereocenters. The van der Waals surface area contributed by atoms with Crippen molar-refractivity contribution >= 4 is 23.3 Å². The molecule has 1 fully saturated rings. The Morgan fingerprint density at radius 3 is 2.81 bits per heavy atom. The number of aryl methyl sites for hydroxylation is 1. The van der Waals surface area contributed by atoms with Gasteiger partial charge < -0.3 is 19.9 Å². The zero-order valence-electron chi connectivity index (χ0n) is 17.6. The molecule has 0 spiro atoms. The van der Waals surface area contributed by atoms with Gasteiger partial charge in [-0.2, -0.15) is 5.26 Å². The minimum atomic E-state index is -0.904. The summed E-state index contributed by atoms with van der Waals surface area (Å²) in [5.74, 6) is 0.357. The molecule has 0 aliphatic carbocycles. The van der Waals surface area contributed by atoms with Crippen LogP contribution in [0.3, 0.4) is 0 Å². The van der Waals surface area contributed by atoms with Crippen LogP contribution in [0.2, 0.25) is 0 Å². The third-order valence-corrected chi connectivity index (χ3v) is 5.59. The van der Waals surface area contributed by atoms with Crippen molar-refractivity contribution in [3.05, 3.63) is 41.3 Å². The first-order chi connectivity index (χ1) is 15.0. The molecular formula is C22H24N6O3. The average Bonchev–Trinajstić information content (AvgIpc) is 2.91. The summed E-state index contributed by atoms with van der Waals surface area (Å²) in [6, 6.07) is 6.00. The third-order valence-electron chi connectivity index (χ3n) is 5.59. The molecule has 1 saturated heterocycles. The number of carbonyl (C=O) groups excluding carboxylic acids is 2. The molecule has 1 atom stereocenters. The van der Waals surface area contributed by atoms with Gasteiger partial charge in [0.1, 0.15) is 24.2 Å². The van der Waals surface area contributed by atoms with E-state index in [-0.39, 0.29) is 18.3 Å². The standard InChI is InChI=1S/C22H24N6O3/c1-14-12-24-19(26-20(14)28-8-4-3-5-9-28)21(29)25-16-13-31-18-10-15(11-23)6-7-17(18)27(2)22(16)30/h6-7,10,12,16H,3-5,8-9,13H2,1-2H3,(H,25,29)/t16-/m0/s1. The van der Waals surface area contributed by atoms with Gasteiger partial charge in [-0.05, 0) is 38.3 Å². The number of carbonyl (C=O) groups is 2. The molecule has 160 valence electrons. The molecule has 1 aromatic carbocycles. The number of anilines is 2. The van der Waals surface area contributed by atoms with Crippen LogP contribution in [-0.4, -0.2) is 54.6 Å². The predicted molar refractivity (Wildman–Crippen MR) is 114 cm³/mol. The molecule has 2 aliphatic rings. The number of aromatic nitrogens is 2. The molecule has 0 saturated carbocycles. The van der Waals surface area contributed by atoms with Crippen LogP contribution in [0, 0.1) is 18.3 Å². The van der Waals surface area contributed by atoms with Gasteiger partial charge >= 0.3 is 0 Å². The molecule has 2 aromatic rings. The number of nitrogens with one attached hydrogen (secondary N) is 1. The van der Waals surface area contributed by atoms with Gasteiger partial charge in [-0.25, -0.2) is 9.97 Å². The van der Waals surface area contributed by atoms with E-state index in [1.807, 2.05) is 6.92 Å². The Morgan fingerprint density at radius 1 is 1.29 bits per heavy atom. The monoisotopic (exact) mass is 420 g/mol. The maximum absolute atomic E-state index is 12.9. The summed E-state index contributed by atoms with van der Waals surface area (Å²) < 4.78 is 5.74. The van der Waals surface area contributed by atoms with Gasteiger partial charge in [0.05, 0.1) is 17.3 Å². The highest BCUT2D eigenvalue weighted by Crippen LogP contribution is 2.31. The highest BCUT2D eigenvalue weighted by atomic mass is 16.5. The first-order valence-electron chi connectivity index (χ1n) is 10.3. The minimum absolute atomic E-state index is 0.0233. The van der Waals surface area contributed by atoms with E-state index in [2.05, 4.69) is 26.3 Å². The smallest absolute Gasteiger partial charge is 0.289 e. The Labute approximate surface area is 180 Å². The molecule has 31 heavy (non-hydrogen) atoms. The lowest BCUT2D eigenvalue weighted by atomic mass is 10.1. The van der Waals surface area contributed by atoms with E-state index >= 15 is 0 Å². The number of rotatable bonds is 3. The highest BCUT2D eigenvalue weighted by Gasteiger charge is 2.31. The summed E-state index contributed by atoms with van der Waals surface area (Å²) in [6.45, 7) is 3.68. The maximum atomic E-state index is 12.9. The zero-order valence-corrected chi connectivity index (χ0v) is 17.6. The van der Waals surface area contributed by atoms with E-state index in [1.165, 1.54) is 11.3 Å². The van der Waals surface area contributed by atoms with E-state index < -0.39 is 11.9 Å². The Bertz CT molecular complexity index is 1060. The number of piperidine rings is 1. The second-order valence-electron chi connectivity index (χ2n) is 7.78. The Balaban J connectivity index is 1.52. The van der Waals surface area contributed by atoms with E-state index in [9.17, 15) is 9.59 Å². The number of hydrogen-bond acceptors (Lipinski definition) is 7. The lowest BCUT2D eigenvalue weighted by Gasteiger charge is -2.29. The molecule has 3 heterocycles. The summed E-state index contributed by atoms with van der Waals surface area (Å²) in [7, 11) is 1.61. The number of amides is 2. The van der Waals surface area contributed by atoms with Crippen molar-refractivity contribution in [2.45, 2.75) is 32.2 Å². The van der Waals surface area contributed by atoms with Gasteiger partial charge in [-0.1, -0.05) is 0 Å². The van der Waals surface area contributed by atoms with E-state index in [1.54, 1.807) is 31.4 Å². The number of nitrogens with zero attached hydrogens (tertiary/aromatic N) is 5. The molecular weight excluding hydrogens is 396 g/mol. The lowest BCUT2D eigenvalue weighted by Crippen LogP contribution is -2.49. The average molecular weight is 420 g/mol. The topological polar surface area (TPSA) is 111 Å². The Morgan fingerprint density at radius 2 is 2.06 bits per heavy atom. The number of benzene rings is 1. The summed E-state index contributed by atoms with van der Waals surface area (Å²) >= 11 is 0.